The minimum Gasteiger partial charge on any atom is -0.324 e. The first kappa shape index (κ1) is 16.3. The number of alkyl halides is 2. The lowest BCUT2D eigenvalue weighted by atomic mass is 10.0. The first-order valence-electron chi connectivity index (χ1n) is 6.55. The number of anilines is 2. The molecule has 0 bridgehead atoms. The summed E-state index contributed by atoms with van der Waals surface area (Å²) >= 11 is 11.1. The maximum Gasteiger partial charge on any atom is 0.239 e. The van der Waals surface area contributed by atoms with E-state index in [-0.39, 0.29) is 23.6 Å². The number of amides is 2. The van der Waals surface area contributed by atoms with Crippen molar-refractivity contribution < 1.29 is 9.59 Å². The Balaban J connectivity index is 2.44. The van der Waals surface area contributed by atoms with Crippen LogP contribution in [0.5, 0.6) is 0 Å². The second-order valence-electron chi connectivity index (χ2n) is 4.45. The van der Waals surface area contributed by atoms with Crippen molar-refractivity contribution >= 4 is 46.4 Å². The minimum atomic E-state index is -0.295. The van der Waals surface area contributed by atoms with Gasteiger partial charge in [-0.05, 0) is 12.1 Å². The topological polar surface area (TPSA) is 58.2 Å². The molecule has 2 aromatic rings. The van der Waals surface area contributed by atoms with Gasteiger partial charge < -0.3 is 10.6 Å². The summed E-state index contributed by atoms with van der Waals surface area (Å²) in [5, 5.41) is 5.49. The zero-order chi connectivity index (χ0) is 15.9. The van der Waals surface area contributed by atoms with E-state index in [4.69, 9.17) is 23.2 Å². The van der Waals surface area contributed by atoms with E-state index in [1.807, 2.05) is 36.4 Å². The number of hydrogen-bond donors (Lipinski definition) is 2. The van der Waals surface area contributed by atoms with Crippen molar-refractivity contribution in [3.63, 3.8) is 0 Å². The van der Waals surface area contributed by atoms with Gasteiger partial charge in [-0.15, -0.1) is 23.2 Å². The minimum absolute atomic E-state index is 0.126. The van der Waals surface area contributed by atoms with Crippen molar-refractivity contribution in [1.29, 1.82) is 0 Å². The van der Waals surface area contributed by atoms with Gasteiger partial charge in [0.25, 0.3) is 0 Å². The molecule has 0 aromatic heterocycles. The number of benzene rings is 2. The number of carbonyl (C=O) groups excluding carboxylic acids is 2. The van der Waals surface area contributed by atoms with Crippen molar-refractivity contribution in [2.75, 3.05) is 22.4 Å². The largest absolute Gasteiger partial charge is 0.324 e. The highest BCUT2D eigenvalue weighted by molar-refractivity contribution is 6.29. The Kier molecular flexibility index (Phi) is 5.81. The molecule has 0 radical (unpaired) electrons. The molecule has 114 valence electrons. The van der Waals surface area contributed by atoms with E-state index in [0.29, 0.717) is 11.4 Å². The first-order chi connectivity index (χ1) is 10.7. The van der Waals surface area contributed by atoms with Gasteiger partial charge in [0.1, 0.15) is 11.8 Å². The summed E-state index contributed by atoms with van der Waals surface area (Å²) < 4.78 is 0. The molecule has 2 aromatic carbocycles. The van der Waals surface area contributed by atoms with Crippen molar-refractivity contribution in [3.8, 4) is 11.1 Å². The Morgan fingerprint density at radius 2 is 1.09 bits per heavy atom. The van der Waals surface area contributed by atoms with Crippen LogP contribution in [0.4, 0.5) is 11.4 Å². The van der Waals surface area contributed by atoms with Gasteiger partial charge >= 0.3 is 0 Å². The molecule has 0 unspecified atom stereocenters. The van der Waals surface area contributed by atoms with Gasteiger partial charge in [-0.1, -0.05) is 36.4 Å². The van der Waals surface area contributed by atoms with Crippen LogP contribution in [-0.4, -0.2) is 23.6 Å². The third-order valence-corrected chi connectivity index (χ3v) is 3.42. The van der Waals surface area contributed by atoms with Crippen LogP contribution < -0.4 is 10.6 Å². The van der Waals surface area contributed by atoms with E-state index in [2.05, 4.69) is 10.6 Å². The Bertz CT molecular complexity index is 630. The second-order valence-corrected chi connectivity index (χ2v) is 4.99. The molecule has 0 aliphatic carbocycles. The van der Waals surface area contributed by atoms with Crippen LogP contribution in [0.15, 0.2) is 48.5 Å². The van der Waals surface area contributed by atoms with Crippen LogP contribution in [0.2, 0.25) is 0 Å². The number of carbonyl (C=O) groups is 2. The molecule has 0 saturated carbocycles. The highest BCUT2D eigenvalue weighted by atomic mass is 35.5. The van der Waals surface area contributed by atoms with E-state index in [1.165, 1.54) is 0 Å². The third kappa shape index (κ3) is 4.00. The number of hydrogen-bond acceptors (Lipinski definition) is 2. The zero-order valence-corrected chi connectivity index (χ0v) is 13.1. The van der Waals surface area contributed by atoms with Crippen molar-refractivity contribution in [2.24, 2.45) is 0 Å². The van der Waals surface area contributed by atoms with Gasteiger partial charge in [-0.2, -0.15) is 0 Å². The predicted octanol–water partition coefficient (Wildman–Crippen LogP) is 3.71. The summed E-state index contributed by atoms with van der Waals surface area (Å²) in [5.74, 6) is -0.842. The quantitative estimate of drug-likeness (QED) is 0.817. The number of nitrogens with one attached hydrogen (secondary N) is 2. The summed E-state index contributed by atoms with van der Waals surface area (Å²) in [4.78, 5) is 23.1. The molecular weight excluding hydrogens is 323 g/mol. The fourth-order valence-electron chi connectivity index (χ4n) is 2.02. The van der Waals surface area contributed by atoms with Crippen LogP contribution in [0.3, 0.4) is 0 Å². The van der Waals surface area contributed by atoms with Crippen LogP contribution in [0.1, 0.15) is 0 Å². The SMILES string of the molecule is O=C(CCl)Nc1ccccc1-c1ccccc1NC(=O)CCl. The Labute approximate surface area is 138 Å². The summed E-state index contributed by atoms with van der Waals surface area (Å²) in [6.45, 7) is 0. The first-order valence-corrected chi connectivity index (χ1v) is 7.62. The maximum atomic E-state index is 11.5. The molecule has 22 heavy (non-hydrogen) atoms. The lowest BCUT2D eigenvalue weighted by Gasteiger charge is -2.14. The van der Waals surface area contributed by atoms with Crippen molar-refractivity contribution in [2.45, 2.75) is 0 Å². The lowest BCUT2D eigenvalue weighted by molar-refractivity contribution is -0.114. The van der Waals surface area contributed by atoms with Crippen LogP contribution in [0, 0.1) is 0 Å². The second kappa shape index (κ2) is 7.82. The van der Waals surface area contributed by atoms with Crippen LogP contribution in [0.25, 0.3) is 11.1 Å². The average Bonchev–Trinajstić information content (AvgIpc) is 2.55. The summed E-state index contributed by atoms with van der Waals surface area (Å²) in [6.07, 6.45) is 0. The molecule has 6 heteroatoms. The Morgan fingerprint density at radius 1 is 0.727 bits per heavy atom. The predicted molar refractivity (Wildman–Crippen MR) is 90.6 cm³/mol. The summed E-state index contributed by atoms with van der Waals surface area (Å²) in [5.41, 5.74) is 2.82. The Hall–Kier alpha value is -2.04. The summed E-state index contributed by atoms with van der Waals surface area (Å²) in [7, 11) is 0. The summed E-state index contributed by atoms with van der Waals surface area (Å²) in [6, 6.07) is 14.6. The van der Waals surface area contributed by atoms with Gasteiger partial charge in [0.15, 0.2) is 0 Å². The van der Waals surface area contributed by atoms with Gasteiger partial charge in [0.2, 0.25) is 11.8 Å². The fraction of sp³-hybridized carbons (Fsp3) is 0.125. The molecule has 0 spiro atoms. The average molecular weight is 337 g/mol. The number of rotatable bonds is 5. The molecule has 0 saturated heterocycles. The molecule has 0 aliphatic rings. The zero-order valence-electron chi connectivity index (χ0n) is 11.6. The van der Waals surface area contributed by atoms with Gasteiger partial charge in [0.05, 0.1) is 0 Å². The highest BCUT2D eigenvalue weighted by Gasteiger charge is 2.12. The molecule has 0 aliphatic heterocycles. The van der Waals surface area contributed by atoms with E-state index in [1.54, 1.807) is 12.1 Å². The van der Waals surface area contributed by atoms with E-state index in [0.717, 1.165) is 11.1 Å². The standard InChI is InChI=1S/C16H14Cl2N2O2/c17-9-15(21)19-13-7-3-1-5-11(13)12-6-2-4-8-14(12)20-16(22)10-18/h1-8H,9-10H2,(H,19,21)(H,20,22). The maximum absolute atomic E-state index is 11.5. The highest BCUT2D eigenvalue weighted by Crippen LogP contribution is 2.33. The lowest BCUT2D eigenvalue weighted by Crippen LogP contribution is -2.15. The van der Waals surface area contributed by atoms with E-state index < -0.39 is 0 Å². The number of para-hydroxylation sites is 2. The third-order valence-electron chi connectivity index (χ3n) is 2.94. The molecular formula is C16H14Cl2N2O2. The van der Waals surface area contributed by atoms with E-state index >= 15 is 0 Å². The van der Waals surface area contributed by atoms with E-state index in [9.17, 15) is 9.59 Å². The molecule has 0 fully saturated rings. The van der Waals surface area contributed by atoms with Crippen molar-refractivity contribution in [1.82, 2.24) is 0 Å². The smallest absolute Gasteiger partial charge is 0.239 e. The molecule has 2 N–H and O–H groups in total. The molecule has 0 heterocycles. The fourth-order valence-corrected chi connectivity index (χ4v) is 2.15. The van der Waals surface area contributed by atoms with Crippen LogP contribution in [-0.2, 0) is 9.59 Å². The molecule has 2 amide bonds. The normalized spacial score (nSPS) is 10.1. The van der Waals surface area contributed by atoms with Crippen molar-refractivity contribution in [3.05, 3.63) is 48.5 Å². The van der Waals surface area contributed by atoms with Gasteiger partial charge in [0, 0.05) is 22.5 Å². The van der Waals surface area contributed by atoms with Crippen LogP contribution >= 0.6 is 23.2 Å². The number of halogens is 2. The monoisotopic (exact) mass is 336 g/mol. The molecule has 4 nitrogen and oxygen atoms in total. The van der Waals surface area contributed by atoms with Gasteiger partial charge in [-0.25, -0.2) is 0 Å². The van der Waals surface area contributed by atoms with Gasteiger partial charge in [-0.3, -0.25) is 9.59 Å². The molecule has 2 rings (SSSR count). The molecule has 0 atom stereocenters. The Morgan fingerprint density at radius 3 is 1.45 bits per heavy atom.